The highest BCUT2D eigenvalue weighted by Crippen LogP contribution is 2.37. The highest BCUT2D eigenvalue weighted by Gasteiger charge is 2.39. The van der Waals surface area contributed by atoms with Crippen molar-refractivity contribution in [3.8, 4) is 11.5 Å². The number of nitrogens with zero attached hydrogens (tertiary/aromatic N) is 3. The fourth-order valence-electron chi connectivity index (χ4n) is 4.32. The molecule has 1 saturated heterocycles. The van der Waals surface area contributed by atoms with Crippen LogP contribution in [0.1, 0.15) is 25.3 Å². The molecule has 12 heteroatoms. The Hall–Kier alpha value is -3.22. The molecule has 10 nitrogen and oxygen atoms in total. The van der Waals surface area contributed by atoms with Crippen molar-refractivity contribution in [2.75, 3.05) is 19.9 Å². The van der Waals surface area contributed by atoms with Crippen molar-refractivity contribution in [2.24, 2.45) is 4.99 Å². The first-order valence-electron chi connectivity index (χ1n) is 11.5. The van der Waals surface area contributed by atoms with Gasteiger partial charge in [-0.25, -0.2) is 8.42 Å². The Morgan fingerprint density at radius 3 is 2.61 bits per heavy atom. The summed E-state index contributed by atoms with van der Waals surface area (Å²) in [7, 11) is -3.87. The summed E-state index contributed by atoms with van der Waals surface area (Å²) in [6, 6.07) is 9.13. The zero-order valence-corrected chi connectivity index (χ0v) is 21.4. The molecule has 3 heterocycles. The maximum atomic E-state index is 13.4. The minimum Gasteiger partial charge on any atom is -0.465 e. The second-order valence-electron chi connectivity index (χ2n) is 8.49. The van der Waals surface area contributed by atoms with Crippen LogP contribution in [0.2, 0.25) is 0 Å². The van der Waals surface area contributed by atoms with Crippen LogP contribution in [-0.4, -0.2) is 55.2 Å². The number of benzene rings is 2. The van der Waals surface area contributed by atoms with Crippen molar-refractivity contribution < 1.29 is 32.2 Å². The lowest BCUT2D eigenvalue weighted by atomic mass is 10.2. The van der Waals surface area contributed by atoms with Crippen LogP contribution < -0.4 is 14.3 Å². The fourth-order valence-corrected chi connectivity index (χ4v) is 7.02. The van der Waals surface area contributed by atoms with Gasteiger partial charge in [-0.1, -0.05) is 29.0 Å². The molecular formula is C24H25N3O7S2. The van der Waals surface area contributed by atoms with Crippen LogP contribution in [0.25, 0.3) is 10.2 Å². The molecule has 2 aromatic carbocycles. The Bertz CT molecular complexity index is 1510. The van der Waals surface area contributed by atoms with Gasteiger partial charge in [0.25, 0.3) is 5.91 Å². The van der Waals surface area contributed by atoms with Gasteiger partial charge in [0, 0.05) is 18.7 Å². The van der Waals surface area contributed by atoms with E-state index in [0.29, 0.717) is 29.9 Å². The monoisotopic (exact) mass is 531 g/mol. The standard InChI is InChI=1S/C24H25N3O7S2/c1-3-32-22(28)13-26-18-11-19-20(34-14-33-19)12-21(18)35-24(26)25-23(29)17-5-4-10-27(17)36(30,31)16-8-6-15(2)7-9-16/h6-9,11-12,17H,3-5,10,13-14H2,1-2H3. The van der Waals surface area contributed by atoms with Crippen LogP contribution in [0.5, 0.6) is 11.5 Å². The number of rotatable bonds is 6. The predicted octanol–water partition coefficient (Wildman–Crippen LogP) is 2.58. The first-order valence-corrected chi connectivity index (χ1v) is 13.8. The molecule has 1 fully saturated rings. The first-order chi connectivity index (χ1) is 17.3. The number of ether oxygens (including phenoxy) is 3. The van der Waals surface area contributed by atoms with Crippen molar-refractivity contribution in [3.63, 3.8) is 0 Å². The van der Waals surface area contributed by atoms with Crippen LogP contribution in [0, 0.1) is 6.92 Å². The summed E-state index contributed by atoms with van der Waals surface area (Å²) in [5.41, 5.74) is 1.58. The van der Waals surface area contributed by atoms with Gasteiger partial charge in [0.1, 0.15) is 12.6 Å². The predicted molar refractivity (Wildman–Crippen MR) is 131 cm³/mol. The normalized spacial score (nSPS) is 18.2. The number of aromatic nitrogens is 1. The number of thiazole rings is 1. The number of amides is 1. The van der Waals surface area contributed by atoms with E-state index in [1.807, 2.05) is 6.92 Å². The van der Waals surface area contributed by atoms with Gasteiger partial charge >= 0.3 is 5.97 Å². The number of sulfonamides is 1. The molecule has 5 rings (SSSR count). The number of hydrogen-bond donors (Lipinski definition) is 0. The zero-order valence-electron chi connectivity index (χ0n) is 19.8. The Morgan fingerprint density at radius 1 is 1.17 bits per heavy atom. The van der Waals surface area contributed by atoms with E-state index in [9.17, 15) is 18.0 Å². The van der Waals surface area contributed by atoms with E-state index in [2.05, 4.69) is 4.99 Å². The zero-order chi connectivity index (χ0) is 25.4. The summed E-state index contributed by atoms with van der Waals surface area (Å²) in [6.07, 6.45) is 0.916. The van der Waals surface area contributed by atoms with Crippen molar-refractivity contribution >= 4 is 43.5 Å². The molecule has 1 amide bonds. The Morgan fingerprint density at radius 2 is 1.89 bits per heavy atom. The molecule has 0 saturated carbocycles. The van der Waals surface area contributed by atoms with Crippen LogP contribution in [0.3, 0.4) is 0 Å². The van der Waals surface area contributed by atoms with Gasteiger partial charge < -0.3 is 18.8 Å². The van der Waals surface area contributed by atoms with Crippen molar-refractivity contribution in [2.45, 2.75) is 44.2 Å². The lowest BCUT2D eigenvalue weighted by molar-refractivity contribution is -0.143. The SMILES string of the molecule is CCOC(=O)Cn1c(=NC(=O)C2CCCN2S(=O)(=O)c2ccc(C)cc2)sc2cc3c(cc21)OCO3. The van der Waals surface area contributed by atoms with E-state index in [0.717, 1.165) is 10.3 Å². The summed E-state index contributed by atoms with van der Waals surface area (Å²) >= 11 is 1.21. The van der Waals surface area contributed by atoms with E-state index < -0.39 is 27.9 Å². The van der Waals surface area contributed by atoms with Gasteiger partial charge in [-0.15, -0.1) is 0 Å². The summed E-state index contributed by atoms with van der Waals surface area (Å²) < 4.78 is 46.2. The van der Waals surface area contributed by atoms with E-state index in [4.69, 9.17) is 14.2 Å². The lowest BCUT2D eigenvalue weighted by Crippen LogP contribution is -2.40. The van der Waals surface area contributed by atoms with Gasteiger partial charge in [-0.2, -0.15) is 9.30 Å². The molecule has 1 unspecified atom stereocenters. The number of carbonyl (C=O) groups excluding carboxylic acids is 2. The van der Waals surface area contributed by atoms with E-state index in [-0.39, 0.29) is 36.2 Å². The molecule has 1 aromatic heterocycles. The molecule has 0 N–H and O–H groups in total. The van der Waals surface area contributed by atoms with Crippen LogP contribution in [0.4, 0.5) is 0 Å². The molecule has 0 radical (unpaired) electrons. The number of aryl methyl sites for hydroxylation is 1. The van der Waals surface area contributed by atoms with Crippen molar-refractivity contribution in [3.05, 3.63) is 46.8 Å². The first kappa shape index (κ1) is 24.5. The largest absolute Gasteiger partial charge is 0.465 e. The fraction of sp³-hybridized carbons (Fsp3) is 0.375. The average molecular weight is 532 g/mol. The molecule has 3 aromatic rings. The summed E-state index contributed by atoms with van der Waals surface area (Å²) in [6.45, 7) is 3.99. The quantitative estimate of drug-likeness (QED) is 0.449. The smallest absolute Gasteiger partial charge is 0.326 e. The van der Waals surface area contributed by atoms with Crippen LogP contribution in [-0.2, 0) is 30.9 Å². The topological polar surface area (TPSA) is 116 Å². The highest BCUT2D eigenvalue weighted by molar-refractivity contribution is 7.89. The van der Waals surface area contributed by atoms with Crippen molar-refractivity contribution in [1.82, 2.24) is 8.87 Å². The molecule has 2 aliphatic rings. The number of carbonyl (C=O) groups is 2. The molecule has 190 valence electrons. The molecule has 0 aliphatic carbocycles. The third-order valence-corrected chi connectivity index (χ3v) is 9.06. The molecule has 36 heavy (non-hydrogen) atoms. The summed E-state index contributed by atoms with van der Waals surface area (Å²) in [5.74, 6) is 0.0404. The van der Waals surface area contributed by atoms with E-state index in [1.165, 1.54) is 15.6 Å². The minimum atomic E-state index is -3.87. The molecule has 0 spiro atoms. The third kappa shape index (κ3) is 4.51. The Balaban J connectivity index is 1.53. The average Bonchev–Trinajstić information content (AvgIpc) is 3.57. The molecule has 0 bridgehead atoms. The van der Waals surface area contributed by atoms with Crippen LogP contribution in [0.15, 0.2) is 46.3 Å². The third-order valence-electron chi connectivity index (χ3n) is 6.09. The highest BCUT2D eigenvalue weighted by atomic mass is 32.2. The maximum absolute atomic E-state index is 13.4. The summed E-state index contributed by atoms with van der Waals surface area (Å²) in [4.78, 5) is 30.4. The molecule has 1 atom stereocenters. The number of fused-ring (bicyclic) bond motifs is 2. The van der Waals surface area contributed by atoms with Gasteiger partial charge in [0.2, 0.25) is 16.8 Å². The Kier molecular flexibility index (Phi) is 6.58. The Labute approximate surface area is 211 Å². The van der Waals surface area contributed by atoms with Gasteiger partial charge in [0.05, 0.1) is 21.7 Å². The number of hydrogen-bond acceptors (Lipinski definition) is 8. The molecule has 2 aliphatic heterocycles. The molecular weight excluding hydrogens is 506 g/mol. The van der Waals surface area contributed by atoms with Gasteiger partial charge in [-0.3, -0.25) is 9.59 Å². The van der Waals surface area contributed by atoms with E-state index >= 15 is 0 Å². The van der Waals surface area contributed by atoms with Crippen molar-refractivity contribution in [1.29, 1.82) is 0 Å². The van der Waals surface area contributed by atoms with E-state index in [1.54, 1.807) is 47.9 Å². The maximum Gasteiger partial charge on any atom is 0.326 e. The summed E-state index contributed by atoms with van der Waals surface area (Å²) in [5, 5.41) is 0. The van der Waals surface area contributed by atoms with Crippen LogP contribution >= 0.6 is 11.3 Å². The van der Waals surface area contributed by atoms with Gasteiger partial charge in [0.15, 0.2) is 16.3 Å². The van der Waals surface area contributed by atoms with Gasteiger partial charge in [-0.05, 0) is 38.8 Å². The second kappa shape index (κ2) is 9.68. The number of esters is 1. The lowest BCUT2D eigenvalue weighted by Gasteiger charge is -2.21. The second-order valence-corrected chi connectivity index (χ2v) is 11.4. The minimum absolute atomic E-state index is 0.104.